The third kappa shape index (κ3) is 5.26. The zero-order valence-electron chi connectivity index (χ0n) is 10.1. The van der Waals surface area contributed by atoms with E-state index in [1.807, 2.05) is 6.92 Å². The van der Waals surface area contributed by atoms with Crippen molar-refractivity contribution in [3.63, 3.8) is 0 Å². The zero-order valence-corrected chi connectivity index (χ0v) is 10.1. The van der Waals surface area contributed by atoms with Gasteiger partial charge in [0.1, 0.15) is 0 Å². The third-order valence-electron chi connectivity index (χ3n) is 2.47. The van der Waals surface area contributed by atoms with E-state index in [9.17, 15) is 10.1 Å². The lowest BCUT2D eigenvalue weighted by molar-refractivity contribution is -0.384. The highest BCUT2D eigenvalue weighted by Crippen LogP contribution is 2.11. The van der Waals surface area contributed by atoms with E-state index in [1.54, 1.807) is 24.3 Å². The fraction of sp³-hybridized carbons (Fsp3) is 0.385. The summed E-state index contributed by atoms with van der Waals surface area (Å²) in [7, 11) is 0. The maximum Gasteiger partial charge on any atom is 0.269 e. The van der Waals surface area contributed by atoms with Crippen molar-refractivity contribution in [3.05, 3.63) is 52.1 Å². The molecule has 4 nitrogen and oxygen atoms in total. The third-order valence-corrected chi connectivity index (χ3v) is 2.47. The number of hydrogen-bond donors (Lipinski definition) is 1. The van der Waals surface area contributed by atoms with Crippen molar-refractivity contribution in [1.29, 1.82) is 0 Å². The average molecular weight is 234 g/mol. The predicted octanol–water partition coefficient (Wildman–Crippen LogP) is 2.69. The summed E-state index contributed by atoms with van der Waals surface area (Å²) in [6, 6.07) is 6.70. The molecule has 4 heteroatoms. The second-order valence-electron chi connectivity index (χ2n) is 4.13. The first kappa shape index (κ1) is 13.4. The van der Waals surface area contributed by atoms with Gasteiger partial charge in [-0.15, -0.1) is 6.58 Å². The van der Waals surface area contributed by atoms with Gasteiger partial charge >= 0.3 is 0 Å². The van der Waals surface area contributed by atoms with Crippen molar-refractivity contribution in [2.24, 2.45) is 0 Å². The molecule has 1 rings (SSSR count). The van der Waals surface area contributed by atoms with Crippen LogP contribution >= 0.6 is 0 Å². The molecule has 1 N–H and O–H groups in total. The SMILES string of the molecule is C=C(C)CCNCCc1ccc([N+](=O)[O-])cc1. The molecule has 0 bridgehead atoms. The van der Waals surface area contributed by atoms with Gasteiger partial charge in [0.2, 0.25) is 0 Å². The minimum absolute atomic E-state index is 0.143. The molecule has 1 aromatic carbocycles. The number of rotatable bonds is 7. The Balaban J connectivity index is 2.27. The normalized spacial score (nSPS) is 10.2. The van der Waals surface area contributed by atoms with E-state index in [0.717, 1.165) is 31.5 Å². The molecular formula is C13H18N2O2. The molecule has 0 aliphatic carbocycles. The van der Waals surface area contributed by atoms with Crippen LogP contribution in [0.15, 0.2) is 36.4 Å². The highest BCUT2D eigenvalue weighted by molar-refractivity contribution is 5.32. The van der Waals surface area contributed by atoms with Crippen LogP contribution in [0.25, 0.3) is 0 Å². The first-order valence-electron chi connectivity index (χ1n) is 5.68. The fourth-order valence-electron chi connectivity index (χ4n) is 1.44. The summed E-state index contributed by atoms with van der Waals surface area (Å²) >= 11 is 0. The Morgan fingerprint density at radius 2 is 2.00 bits per heavy atom. The maximum atomic E-state index is 10.5. The lowest BCUT2D eigenvalue weighted by atomic mass is 10.1. The number of hydrogen-bond acceptors (Lipinski definition) is 3. The molecule has 0 atom stereocenters. The van der Waals surface area contributed by atoms with Crippen molar-refractivity contribution in [2.75, 3.05) is 13.1 Å². The van der Waals surface area contributed by atoms with E-state index in [0.29, 0.717) is 0 Å². The Morgan fingerprint density at radius 3 is 2.53 bits per heavy atom. The van der Waals surface area contributed by atoms with Crippen LogP contribution in [0, 0.1) is 10.1 Å². The number of benzene rings is 1. The van der Waals surface area contributed by atoms with Gasteiger partial charge < -0.3 is 5.32 Å². The van der Waals surface area contributed by atoms with Gasteiger partial charge in [-0.1, -0.05) is 17.7 Å². The lowest BCUT2D eigenvalue weighted by Gasteiger charge is -2.04. The summed E-state index contributed by atoms with van der Waals surface area (Å²) in [6.45, 7) is 7.66. The molecular weight excluding hydrogens is 216 g/mol. The first-order chi connectivity index (χ1) is 8.09. The topological polar surface area (TPSA) is 55.2 Å². The molecule has 92 valence electrons. The summed E-state index contributed by atoms with van der Waals surface area (Å²) < 4.78 is 0. The number of non-ortho nitro benzene ring substituents is 1. The number of nitrogens with one attached hydrogen (secondary N) is 1. The molecule has 0 saturated heterocycles. The molecule has 0 fully saturated rings. The van der Waals surface area contributed by atoms with Crippen LogP contribution in [0.5, 0.6) is 0 Å². The molecule has 0 heterocycles. The van der Waals surface area contributed by atoms with Crippen molar-refractivity contribution in [3.8, 4) is 0 Å². The van der Waals surface area contributed by atoms with Crippen LogP contribution in [0.2, 0.25) is 0 Å². The smallest absolute Gasteiger partial charge is 0.269 e. The molecule has 0 aromatic heterocycles. The molecule has 0 saturated carbocycles. The maximum absolute atomic E-state index is 10.5. The molecule has 1 aromatic rings. The van der Waals surface area contributed by atoms with Crippen LogP contribution in [0.3, 0.4) is 0 Å². The minimum Gasteiger partial charge on any atom is -0.316 e. The summed E-state index contributed by atoms with van der Waals surface area (Å²) in [4.78, 5) is 10.1. The minimum atomic E-state index is -0.380. The Hall–Kier alpha value is -1.68. The van der Waals surface area contributed by atoms with Gasteiger partial charge in [-0.05, 0) is 38.4 Å². The van der Waals surface area contributed by atoms with Crippen LogP contribution in [0.1, 0.15) is 18.9 Å². The molecule has 17 heavy (non-hydrogen) atoms. The number of nitro benzene ring substituents is 1. The number of nitrogens with zero attached hydrogens (tertiary/aromatic N) is 1. The van der Waals surface area contributed by atoms with E-state index in [2.05, 4.69) is 11.9 Å². The van der Waals surface area contributed by atoms with E-state index < -0.39 is 0 Å². The summed E-state index contributed by atoms with van der Waals surface area (Å²) in [5.74, 6) is 0. The monoisotopic (exact) mass is 234 g/mol. The highest BCUT2D eigenvalue weighted by Gasteiger charge is 2.03. The van der Waals surface area contributed by atoms with Crippen LogP contribution in [0.4, 0.5) is 5.69 Å². The largest absolute Gasteiger partial charge is 0.316 e. The Morgan fingerprint density at radius 1 is 1.35 bits per heavy atom. The molecule has 0 spiro atoms. The summed E-state index contributed by atoms with van der Waals surface area (Å²) in [5, 5.41) is 13.8. The van der Waals surface area contributed by atoms with Crippen LogP contribution in [-0.2, 0) is 6.42 Å². The highest BCUT2D eigenvalue weighted by atomic mass is 16.6. The Bertz CT molecular complexity index is 385. The Labute approximate surface area is 101 Å². The second-order valence-corrected chi connectivity index (χ2v) is 4.13. The van der Waals surface area contributed by atoms with Crippen molar-refractivity contribution >= 4 is 5.69 Å². The quantitative estimate of drug-likeness (QED) is 0.341. The van der Waals surface area contributed by atoms with Gasteiger partial charge in [0.25, 0.3) is 5.69 Å². The van der Waals surface area contributed by atoms with E-state index in [-0.39, 0.29) is 10.6 Å². The van der Waals surface area contributed by atoms with Crippen molar-refractivity contribution in [2.45, 2.75) is 19.8 Å². The van der Waals surface area contributed by atoms with Crippen molar-refractivity contribution < 1.29 is 4.92 Å². The molecule has 0 amide bonds. The van der Waals surface area contributed by atoms with Gasteiger partial charge in [0, 0.05) is 12.1 Å². The molecule has 0 aliphatic heterocycles. The Kier molecular flexibility index (Phi) is 5.36. The average Bonchev–Trinajstić information content (AvgIpc) is 2.29. The first-order valence-corrected chi connectivity index (χ1v) is 5.68. The second kappa shape index (κ2) is 6.81. The lowest BCUT2D eigenvalue weighted by Crippen LogP contribution is -2.18. The van der Waals surface area contributed by atoms with Crippen LogP contribution < -0.4 is 5.32 Å². The molecule has 0 unspecified atom stereocenters. The summed E-state index contributed by atoms with van der Waals surface area (Å²) in [6.07, 6.45) is 1.87. The summed E-state index contributed by atoms with van der Waals surface area (Å²) in [5.41, 5.74) is 2.43. The molecule has 0 aliphatic rings. The van der Waals surface area contributed by atoms with Gasteiger partial charge in [-0.2, -0.15) is 0 Å². The standard InChI is InChI=1S/C13H18N2O2/c1-11(2)7-9-14-10-8-12-3-5-13(6-4-12)15(16)17/h3-6,14H,1,7-10H2,2H3. The van der Waals surface area contributed by atoms with Crippen molar-refractivity contribution in [1.82, 2.24) is 5.32 Å². The van der Waals surface area contributed by atoms with Gasteiger partial charge in [0.05, 0.1) is 4.92 Å². The van der Waals surface area contributed by atoms with E-state index in [1.165, 1.54) is 5.57 Å². The fourth-order valence-corrected chi connectivity index (χ4v) is 1.44. The van der Waals surface area contributed by atoms with Gasteiger partial charge in [-0.25, -0.2) is 0 Å². The van der Waals surface area contributed by atoms with E-state index in [4.69, 9.17) is 0 Å². The predicted molar refractivity (Wildman–Crippen MR) is 69.1 cm³/mol. The van der Waals surface area contributed by atoms with Gasteiger partial charge in [0.15, 0.2) is 0 Å². The zero-order chi connectivity index (χ0) is 12.7. The van der Waals surface area contributed by atoms with Gasteiger partial charge in [-0.3, -0.25) is 10.1 Å². The van der Waals surface area contributed by atoms with Crippen LogP contribution in [-0.4, -0.2) is 18.0 Å². The van der Waals surface area contributed by atoms with E-state index >= 15 is 0 Å². The molecule has 0 radical (unpaired) electrons. The number of nitro groups is 1.